The number of ether oxygens (including phenoxy) is 1. The van der Waals surface area contributed by atoms with Crippen LogP contribution in [0.1, 0.15) is 33.6 Å². The molecule has 96 valence electrons. The summed E-state index contributed by atoms with van der Waals surface area (Å²) in [6.07, 6.45) is 3.51. The summed E-state index contributed by atoms with van der Waals surface area (Å²) in [5, 5.41) is 3.25. The maximum atomic E-state index is 5.56. The highest BCUT2D eigenvalue weighted by molar-refractivity contribution is 5.30. The Morgan fingerprint density at radius 3 is 2.88 bits per heavy atom. The summed E-state index contributed by atoms with van der Waals surface area (Å²) in [5.74, 6) is 1.19. The molecule has 0 bridgehead atoms. The number of hydrogen-bond acceptors (Lipinski definition) is 5. The van der Waals surface area contributed by atoms with E-state index < -0.39 is 0 Å². The highest BCUT2D eigenvalue weighted by atomic mass is 16.5. The lowest BCUT2D eigenvalue weighted by atomic mass is 10.0. The second kappa shape index (κ2) is 6.39. The molecule has 1 aromatic rings. The van der Waals surface area contributed by atoms with Crippen molar-refractivity contribution in [3.63, 3.8) is 0 Å². The van der Waals surface area contributed by atoms with Crippen LogP contribution in [0.2, 0.25) is 0 Å². The predicted molar refractivity (Wildman–Crippen MR) is 69.2 cm³/mol. The number of rotatable bonds is 7. The van der Waals surface area contributed by atoms with Crippen molar-refractivity contribution in [2.45, 2.75) is 39.2 Å². The molecule has 1 rings (SSSR count). The first-order valence-corrected chi connectivity index (χ1v) is 6.01. The molecular weight excluding hydrogens is 216 g/mol. The molecule has 1 heterocycles. The van der Waals surface area contributed by atoms with Gasteiger partial charge in [-0.3, -0.25) is 0 Å². The molecule has 0 aliphatic heterocycles. The van der Waals surface area contributed by atoms with Gasteiger partial charge in [0.1, 0.15) is 0 Å². The van der Waals surface area contributed by atoms with Crippen LogP contribution in [0.5, 0.6) is 5.88 Å². The SMILES string of the molecule is CCCOc1ccnc(NC(C)(C)CCN)n1. The lowest BCUT2D eigenvalue weighted by Gasteiger charge is -2.25. The van der Waals surface area contributed by atoms with Crippen LogP contribution in [-0.4, -0.2) is 28.7 Å². The lowest BCUT2D eigenvalue weighted by Crippen LogP contribution is -2.34. The van der Waals surface area contributed by atoms with Crippen molar-refractivity contribution < 1.29 is 4.74 Å². The zero-order valence-electron chi connectivity index (χ0n) is 10.9. The van der Waals surface area contributed by atoms with Gasteiger partial charge in [0.25, 0.3) is 0 Å². The van der Waals surface area contributed by atoms with E-state index in [0.29, 0.717) is 25.0 Å². The molecule has 3 N–H and O–H groups in total. The molecule has 0 fully saturated rings. The maximum Gasteiger partial charge on any atom is 0.226 e. The Hall–Kier alpha value is -1.36. The van der Waals surface area contributed by atoms with Crippen molar-refractivity contribution in [2.24, 2.45) is 5.73 Å². The molecule has 0 atom stereocenters. The molecule has 0 aliphatic rings. The number of nitrogens with one attached hydrogen (secondary N) is 1. The number of anilines is 1. The third-order valence-electron chi connectivity index (χ3n) is 2.30. The van der Waals surface area contributed by atoms with Gasteiger partial charge < -0.3 is 15.8 Å². The molecule has 1 aromatic heterocycles. The first-order chi connectivity index (χ1) is 8.07. The Kier molecular flexibility index (Phi) is 5.15. The lowest BCUT2D eigenvalue weighted by molar-refractivity contribution is 0.305. The number of nitrogens with two attached hydrogens (primary N) is 1. The second-order valence-corrected chi connectivity index (χ2v) is 4.61. The predicted octanol–water partition coefficient (Wildman–Crippen LogP) is 1.80. The molecule has 0 saturated heterocycles. The van der Waals surface area contributed by atoms with Crippen LogP contribution in [0.15, 0.2) is 12.3 Å². The van der Waals surface area contributed by atoms with Crippen molar-refractivity contribution in [3.8, 4) is 5.88 Å². The average molecular weight is 238 g/mol. The Bertz CT molecular complexity index is 341. The quantitative estimate of drug-likeness (QED) is 0.758. The zero-order valence-corrected chi connectivity index (χ0v) is 10.9. The molecule has 17 heavy (non-hydrogen) atoms. The van der Waals surface area contributed by atoms with Crippen molar-refractivity contribution >= 4 is 5.95 Å². The fourth-order valence-corrected chi connectivity index (χ4v) is 1.42. The monoisotopic (exact) mass is 238 g/mol. The number of nitrogens with zero attached hydrogens (tertiary/aromatic N) is 2. The summed E-state index contributed by atoms with van der Waals surface area (Å²) in [6, 6.07) is 1.76. The zero-order chi connectivity index (χ0) is 12.7. The van der Waals surface area contributed by atoms with Crippen LogP contribution < -0.4 is 15.8 Å². The minimum absolute atomic E-state index is 0.113. The molecular formula is C12H22N4O. The Morgan fingerprint density at radius 1 is 1.47 bits per heavy atom. The molecule has 0 saturated carbocycles. The summed E-state index contributed by atoms with van der Waals surface area (Å²) in [7, 11) is 0. The fourth-order valence-electron chi connectivity index (χ4n) is 1.42. The maximum absolute atomic E-state index is 5.56. The first kappa shape index (κ1) is 13.7. The van der Waals surface area contributed by atoms with Crippen molar-refractivity contribution in [3.05, 3.63) is 12.3 Å². The molecule has 5 heteroatoms. The van der Waals surface area contributed by atoms with Crippen LogP contribution in [0, 0.1) is 0 Å². The van der Waals surface area contributed by atoms with E-state index in [-0.39, 0.29) is 5.54 Å². The van der Waals surface area contributed by atoms with E-state index in [1.54, 1.807) is 12.3 Å². The Morgan fingerprint density at radius 2 is 2.24 bits per heavy atom. The van der Waals surface area contributed by atoms with Gasteiger partial charge in [0, 0.05) is 17.8 Å². The van der Waals surface area contributed by atoms with Crippen LogP contribution in [0.3, 0.4) is 0 Å². The largest absolute Gasteiger partial charge is 0.478 e. The van der Waals surface area contributed by atoms with E-state index in [0.717, 1.165) is 12.8 Å². The van der Waals surface area contributed by atoms with E-state index >= 15 is 0 Å². The van der Waals surface area contributed by atoms with Crippen LogP contribution in [0.25, 0.3) is 0 Å². The minimum Gasteiger partial charge on any atom is -0.478 e. The van der Waals surface area contributed by atoms with Gasteiger partial charge in [-0.2, -0.15) is 4.98 Å². The molecule has 5 nitrogen and oxygen atoms in total. The highest BCUT2D eigenvalue weighted by Crippen LogP contribution is 2.16. The normalized spacial score (nSPS) is 11.3. The molecule has 0 unspecified atom stereocenters. The summed E-state index contributed by atoms with van der Waals surface area (Å²) in [4.78, 5) is 8.46. The molecule has 0 aromatic carbocycles. The fraction of sp³-hybridized carbons (Fsp3) is 0.667. The van der Waals surface area contributed by atoms with Gasteiger partial charge in [-0.15, -0.1) is 0 Å². The van der Waals surface area contributed by atoms with Gasteiger partial charge >= 0.3 is 0 Å². The summed E-state index contributed by atoms with van der Waals surface area (Å²) in [6.45, 7) is 7.50. The molecule has 0 radical (unpaired) electrons. The first-order valence-electron chi connectivity index (χ1n) is 6.01. The third kappa shape index (κ3) is 4.99. The number of aromatic nitrogens is 2. The van der Waals surface area contributed by atoms with E-state index in [1.807, 2.05) is 0 Å². The van der Waals surface area contributed by atoms with Gasteiger partial charge in [0.05, 0.1) is 6.61 Å². The van der Waals surface area contributed by atoms with Gasteiger partial charge in [-0.05, 0) is 33.2 Å². The van der Waals surface area contributed by atoms with Crippen molar-refractivity contribution in [2.75, 3.05) is 18.5 Å². The molecule has 0 spiro atoms. The van der Waals surface area contributed by atoms with Gasteiger partial charge in [-0.1, -0.05) is 6.92 Å². The van der Waals surface area contributed by atoms with Gasteiger partial charge in [-0.25, -0.2) is 4.98 Å². The molecule has 0 amide bonds. The van der Waals surface area contributed by atoms with E-state index in [9.17, 15) is 0 Å². The summed E-state index contributed by atoms with van der Waals surface area (Å²) in [5.41, 5.74) is 5.45. The Balaban J connectivity index is 2.64. The van der Waals surface area contributed by atoms with Crippen LogP contribution in [-0.2, 0) is 0 Å². The standard InChI is InChI=1S/C12H22N4O/c1-4-9-17-10-5-8-14-11(15-10)16-12(2,3)6-7-13/h5,8H,4,6-7,9,13H2,1-3H3,(H,14,15,16). The van der Waals surface area contributed by atoms with E-state index in [1.165, 1.54) is 0 Å². The van der Waals surface area contributed by atoms with Gasteiger partial charge in [0.15, 0.2) is 0 Å². The van der Waals surface area contributed by atoms with Crippen LogP contribution >= 0.6 is 0 Å². The van der Waals surface area contributed by atoms with E-state index in [4.69, 9.17) is 10.5 Å². The summed E-state index contributed by atoms with van der Waals surface area (Å²) >= 11 is 0. The number of hydrogen-bond donors (Lipinski definition) is 2. The third-order valence-corrected chi connectivity index (χ3v) is 2.30. The molecule has 0 aliphatic carbocycles. The van der Waals surface area contributed by atoms with Crippen LogP contribution in [0.4, 0.5) is 5.95 Å². The van der Waals surface area contributed by atoms with Gasteiger partial charge in [0.2, 0.25) is 11.8 Å². The second-order valence-electron chi connectivity index (χ2n) is 4.61. The topological polar surface area (TPSA) is 73.1 Å². The smallest absolute Gasteiger partial charge is 0.226 e. The van der Waals surface area contributed by atoms with Crippen molar-refractivity contribution in [1.29, 1.82) is 0 Å². The Labute approximate surface area is 103 Å². The van der Waals surface area contributed by atoms with E-state index in [2.05, 4.69) is 36.1 Å². The highest BCUT2D eigenvalue weighted by Gasteiger charge is 2.17. The minimum atomic E-state index is -0.113. The summed E-state index contributed by atoms with van der Waals surface area (Å²) < 4.78 is 5.45. The van der Waals surface area contributed by atoms with Crippen molar-refractivity contribution in [1.82, 2.24) is 9.97 Å². The average Bonchev–Trinajstić information content (AvgIpc) is 2.26.